The molecule has 0 spiro atoms. The summed E-state index contributed by atoms with van der Waals surface area (Å²) in [4.78, 5) is 0. The van der Waals surface area contributed by atoms with Crippen molar-refractivity contribution in [2.45, 2.75) is 6.61 Å². The molecule has 4 nitrogen and oxygen atoms in total. The van der Waals surface area contributed by atoms with Crippen LogP contribution in [-0.4, -0.2) is 14.2 Å². The van der Waals surface area contributed by atoms with Gasteiger partial charge in [0.2, 0.25) is 0 Å². The van der Waals surface area contributed by atoms with Gasteiger partial charge in [-0.15, -0.1) is 0 Å². The van der Waals surface area contributed by atoms with Crippen molar-refractivity contribution < 1.29 is 14.2 Å². The summed E-state index contributed by atoms with van der Waals surface area (Å²) in [5.74, 6) is 1.81. The highest BCUT2D eigenvalue weighted by Gasteiger charge is 2.10. The second-order valence-corrected chi connectivity index (χ2v) is 4.09. The van der Waals surface area contributed by atoms with Crippen LogP contribution in [0, 0.1) is 11.3 Å². The molecule has 0 aliphatic rings. The van der Waals surface area contributed by atoms with E-state index in [1.165, 1.54) is 0 Å². The summed E-state index contributed by atoms with van der Waals surface area (Å²) in [6.07, 6.45) is 0. The van der Waals surface area contributed by atoms with E-state index in [0.717, 1.165) is 11.3 Å². The van der Waals surface area contributed by atoms with Crippen LogP contribution < -0.4 is 14.2 Å². The third kappa shape index (κ3) is 3.01. The van der Waals surface area contributed by atoms with Crippen molar-refractivity contribution >= 4 is 0 Å². The van der Waals surface area contributed by atoms with Gasteiger partial charge in [-0.2, -0.15) is 5.26 Å². The fraction of sp³-hybridized carbons (Fsp3) is 0.188. The van der Waals surface area contributed by atoms with Gasteiger partial charge >= 0.3 is 0 Å². The van der Waals surface area contributed by atoms with Crippen molar-refractivity contribution in [1.29, 1.82) is 5.26 Å². The van der Waals surface area contributed by atoms with E-state index in [2.05, 4.69) is 6.07 Å². The summed E-state index contributed by atoms with van der Waals surface area (Å²) >= 11 is 0. The summed E-state index contributed by atoms with van der Waals surface area (Å²) in [6.45, 7) is 0.360. The van der Waals surface area contributed by atoms with Crippen LogP contribution >= 0.6 is 0 Å². The lowest BCUT2D eigenvalue weighted by atomic mass is 10.2. The van der Waals surface area contributed by atoms with Gasteiger partial charge in [-0.05, 0) is 29.8 Å². The van der Waals surface area contributed by atoms with Crippen LogP contribution in [0.1, 0.15) is 11.1 Å². The number of methoxy groups -OCH3 is 2. The molecule has 0 atom stereocenters. The maximum Gasteiger partial charge on any atom is 0.179 e. The van der Waals surface area contributed by atoms with Crippen LogP contribution in [-0.2, 0) is 6.61 Å². The lowest BCUT2D eigenvalue weighted by Gasteiger charge is -2.12. The van der Waals surface area contributed by atoms with E-state index in [-0.39, 0.29) is 0 Å². The van der Waals surface area contributed by atoms with Gasteiger partial charge in [-0.3, -0.25) is 0 Å². The van der Waals surface area contributed by atoms with E-state index >= 15 is 0 Å². The first-order valence-electron chi connectivity index (χ1n) is 6.11. The number of benzene rings is 2. The van der Waals surface area contributed by atoms with E-state index in [1.54, 1.807) is 32.4 Å². The molecule has 2 aromatic rings. The van der Waals surface area contributed by atoms with Gasteiger partial charge in [0.25, 0.3) is 0 Å². The van der Waals surface area contributed by atoms with Gasteiger partial charge in [0.15, 0.2) is 11.5 Å². The Morgan fingerprint density at radius 1 is 1.00 bits per heavy atom. The lowest BCUT2D eigenvalue weighted by molar-refractivity contribution is 0.283. The Hall–Kier alpha value is -2.67. The summed E-state index contributed by atoms with van der Waals surface area (Å²) in [5.41, 5.74) is 1.44. The van der Waals surface area contributed by atoms with Gasteiger partial charge in [0, 0.05) is 0 Å². The first kappa shape index (κ1) is 13.8. The highest BCUT2D eigenvalue weighted by Crippen LogP contribution is 2.31. The number of hydrogen-bond donors (Lipinski definition) is 0. The zero-order chi connectivity index (χ0) is 14.4. The lowest BCUT2D eigenvalue weighted by Crippen LogP contribution is -1.99. The number of nitrogens with zero attached hydrogens (tertiary/aromatic N) is 1. The molecule has 0 unspecified atom stereocenters. The largest absolute Gasteiger partial charge is 0.497 e. The molecule has 0 aromatic heterocycles. The van der Waals surface area contributed by atoms with Crippen molar-refractivity contribution in [3.63, 3.8) is 0 Å². The molecule has 0 fully saturated rings. The monoisotopic (exact) mass is 269 g/mol. The highest BCUT2D eigenvalue weighted by molar-refractivity contribution is 5.52. The first-order valence-corrected chi connectivity index (χ1v) is 6.11. The van der Waals surface area contributed by atoms with Crippen molar-refractivity contribution in [1.82, 2.24) is 0 Å². The SMILES string of the molecule is COc1ccc(COc2c(C#N)cccc2OC)cc1. The number of rotatable bonds is 5. The Balaban J connectivity index is 2.15. The van der Waals surface area contributed by atoms with E-state index in [0.29, 0.717) is 23.7 Å². The average Bonchev–Trinajstić information content (AvgIpc) is 2.52. The van der Waals surface area contributed by atoms with Crippen LogP contribution in [0.4, 0.5) is 0 Å². The molecular formula is C16H15NO3. The number of hydrogen-bond acceptors (Lipinski definition) is 4. The molecule has 20 heavy (non-hydrogen) atoms. The number of para-hydroxylation sites is 1. The molecule has 0 bridgehead atoms. The minimum absolute atomic E-state index is 0.360. The molecule has 0 saturated carbocycles. The molecular weight excluding hydrogens is 254 g/mol. The quantitative estimate of drug-likeness (QED) is 0.836. The summed E-state index contributed by atoms with van der Waals surface area (Å²) in [7, 11) is 3.18. The standard InChI is InChI=1S/C16H15NO3/c1-18-14-8-6-12(7-9-14)11-20-16-13(10-17)4-3-5-15(16)19-2/h3-9H,11H2,1-2H3. The summed E-state index contributed by atoms with van der Waals surface area (Å²) < 4.78 is 16.0. The molecule has 0 aliphatic heterocycles. The smallest absolute Gasteiger partial charge is 0.179 e. The zero-order valence-corrected chi connectivity index (χ0v) is 11.4. The maximum absolute atomic E-state index is 9.10. The van der Waals surface area contributed by atoms with Gasteiger partial charge in [-0.1, -0.05) is 18.2 Å². The molecule has 0 N–H and O–H groups in total. The van der Waals surface area contributed by atoms with Gasteiger partial charge in [0.05, 0.1) is 19.8 Å². The predicted molar refractivity (Wildman–Crippen MR) is 75.0 cm³/mol. The van der Waals surface area contributed by atoms with E-state index in [9.17, 15) is 0 Å². The molecule has 0 saturated heterocycles. The van der Waals surface area contributed by atoms with Crippen molar-refractivity contribution in [3.8, 4) is 23.3 Å². The predicted octanol–water partition coefficient (Wildman–Crippen LogP) is 3.15. The zero-order valence-electron chi connectivity index (χ0n) is 11.4. The Morgan fingerprint density at radius 3 is 2.35 bits per heavy atom. The van der Waals surface area contributed by atoms with Crippen LogP contribution in [0.15, 0.2) is 42.5 Å². The summed E-state index contributed by atoms with van der Waals surface area (Å²) in [5, 5.41) is 9.10. The van der Waals surface area contributed by atoms with Crippen LogP contribution in [0.3, 0.4) is 0 Å². The third-order valence-corrected chi connectivity index (χ3v) is 2.86. The molecule has 2 aromatic carbocycles. The normalized spacial score (nSPS) is 9.65. The molecule has 0 heterocycles. The molecule has 0 amide bonds. The fourth-order valence-corrected chi connectivity index (χ4v) is 1.79. The average molecular weight is 269 g/mol. The van der Waals surface area contributed by atoms with Crippen LogP contribution in [0.5, 0.6) is 17.2 Å². The minimum atomic E-state index is 0.360. The molecule has 0 aliphatic carbocycles. The highest BCUT2D eigenvalue weighted by atomic mass is 16.5. The van der Waals surface area contributed by atoms with Crippen molar-refractivity contribution in [2.75, 3.05) is 14.2 Å². The summed E-state index contributed by atoms with van der Waals surface area (Å²) in [6, 6.07) is 14.9. The van der Waals surface area contributed by atoms with E-state index < -0.39 is 0 Å². The Morgan fingerprint density at radius 2 is 1.75 bits per heavy atom. The second kappa shape index (κ2) is 6.48. The van der Waals surface area contributed by atoms with Gasteiger partial charge in [-0.25, -0.2) is 0 Å². The first-order chi connectivity index (χ1) is 9.78. The van der Waals surface area contributed by atoms with E-state index in [4.69, 9.17) is 19.5 Å². The van der Waals surface area contributed by atoms with Crippen LogP contribution in [0.2, 0.25) is 0 Å². The fourth-order valence-electron chi connectivity index (χ4n) is 1.79. The molecule has 4 heteroatoms. The Bertz CT molecular complexity index is 615. The molecule has 0 radical (unpaired) electrons. The topological polar surface area (TPSA) is 51.5 Å². The number of nitriles is 1. The maximum atomic E-state index is 9.10. The van der Waals surface area contributed by atoms with Crippen molar-refractivity contribution in [3.05, 3.63) is 53.6 Å². The molecule has 102 valence electrons. The number of ether oxygens (including phenoxy) is 3. The Labute approximate surface area is 118 Å². The minimum Gasteiger partial charge on any atom is -0.497 e. The van der Waals surface area contributed by atoms with Gasteiger partial charge in [0.1, 0.15) is 18.4 Å². The second-order valence-electron chi connectivity index (χ2n) is 4.09. The van der Waals surface area contributed by atoms with E-state index in [1.807, 2.05) is 24.3 Å². The van der Waals surface area contributed by atoms with Gasteiger partial charge < -0.3 is 14.2 Å². The van der Waals surface area contributed by atoms with Crippen molar-refractivity contribution in [2.24, 2.45) is 0 Å². The third-order valence-electron chi connectivity index (χ3n) is 2.86. The Kier molecular flexibility index (Phi) is 4.46. The molecule has 2 rings (SSSR count). The van der Waals surface area contributed by atoms with Crippen LogP contribution in [0.25, 0.3) is 0 Å².